The first-order valence-corrected chi connectivity index (χ1v) is 7.07. The molecule has 1 fully saturated rings. The number of aromatic nitrogens is 1. The zero-order chi connectivity index (χ0) is 14.0. The Hall–Kier alpha value is -1.58. The molecule has 1 aliphatic heterocycles. The van der Waals surface area contributed by atoms with Crippen molar-refractivity contribution in [3.05, 3.63) is 29.8 Å². The minimum absolute atomic E-state index is 0.130. The Morgan fingerprint density at radius 3 is 2.37 bits per heavy atom. The summed E-state index contributed by atoms with van der Waals surface area (Å²) in [5.74, 6) is -0.871. The molecule has 0 bridgehead atoms. The van der Waals surface area contributed by atoms with E-state index in [0.29, 0.717) is 0 Å². The fraction of sp³-hybridized carbons (Fsp3) is 0.400. The molecule has 0 aliphatic carbocycles. The van der Waals surface area contributed by atoms with E-state index in [1.54, 1.807) is 0 Å². The fourth-order valence-corrected chi connectivity index (χ4v) is 2.48. The molecule has 0 unspecified atom stereocenters. The van der Waals surface area contributed by atoms with Gasteiger partial charge in [-0.05, 0) is 12.1 Å². The van der Waals surface area contributed by atoms with Gasteiger partial charge in [0.1, 0.15) is 11.5 Å². The van der Waals surface area contributed by atoms with Crippen LogP contribution in [0.4, 0.5) is 4.39 Å². The molecule has 1 aromatic heterocycles. The van der Waals surface area contributed by atoms with E-state index in [2.05, 4.69) is 4.98 Å². The Morgan fingerprint density at radius 2 is 1.89 bits per heavy atom. The van der Waals surface area contributed by atoms with Gasteiger partial charge in [-0.15, -0.1) is 0 Å². The van der Waals surface area contributed by atoms with Crippen molar-refractivity contribution in [3.63, 3.8) is 0 Å². The largest absolute Gasteiger partial charge is 0.335 e. The molecule has 2 N–H and O–H groups in total. The summed E-state index contributed by atoms with van der Waals surface area (Å²) in [5.41, 5.74) is 0.130. The van der Waals surface area contributed by atoms with E-state index in [1.165, 1.54) is 11.0 Å². The molecule has 0 atom stereocenters. The molecule has 9 heteroatoms. The zero-order valence-corrected chi connectivity index (χ0v) is 10.8. The first kappa shape index (κ1) is 13.8. The average Bonchev–Trinajstić information content (AvgIpc) is 2.38. The van der Waals surface area contributed by atoms with Crippen LogP contribution in [-0.4, -0.2) is 54.7 Å². The summed E-state index contributed by atoms with van der Waals surface area (Å²) in [6.45, 7) is 0.750. The Morgan fingerprint density at radius 1 is 1.26 bits per heavy atom. The monoisotopic (exact) mass is 288 g/mol. The van der Waals surface area contributed by atoms with Gasteiger partial charge in [0.2, 0.25) is 0 Å². The van der Waals surface area contributed by atoms with Crippen LogP contribution in [0.2, 0.25) is 0 Å². The third kappa shape index (κ3) is 3.25. The number of nitrogens with zero attached hydrogens (tertiary/aromatic N) is 3. The summed E-state index contributed by atoms with van der Waals surface area (Å²) >= 11 is 0. The van der Waals surface area contributed by atoms with Crippen LogP contribution in [0.15, 0.2) is 18.3 Å². The highest BCUT2D eigenvalue weighted by molar-refractivity contribution is 7.86. The van der Waals surface area contributed by atoms with E-state index >= 15 is 0 Å². The topological polar surface area (TPSA) is 96.6 Å². The number of piperazine rings is 1. The summed E-state index contributed by atoms with van der Waals surface area (Å²) in [5, 5.41) is 5.00. The molecule has 0 spiro atoms. The molecule has 1 amide bonds. The standard InChI is InChI=1S/C10H13FN4O3S/c11-8-1-2-9(13-7-8)10(16)14-3-5-15(6-4-14)19(12,17)18/h1-2,7H,3-6H2,(H2,12,17,18). The molecule has 104 valence electrons. The number of hydrogen-bond acceptors (Lipinski definition) is 4. The van der Waals surface area contributed by atoms with Crippen molar-refractivity contribution < 1.29 is 17.6 Å². The minimum Gasteiger partial charge on any atom is -0.335 e. The molecule has 0 radical (unpaired) electrons. The van der Waals surface area contributed by atoms with Crippen molar-refractivity contribution in [2.75, 3.05) is 26.2 Å². The first-order valence-electron chi connectivity index (χ1n) is 5.56. The lowest BCUT2D eigenvalue weighted by Crippen LogP contribution is -2.52. The summed E-state index contributed by atoms with van der Waals surface area (Å²) in [7, 11) is -3.72. The van der Waals surface area contributed by atoms with Gasteiger partial charge in [-0.25, -0.2) is 14.5 Å². The van der Waals surface area contributed by atoms with Crippen molar-refractivity contribution in [2.45, 2.75) is 0 Å². The molecule has 1 aromatic rings. The number of nitrogens with two attached hydrogens (primary N) is 1. The van der Waals surface area contributed by atoms with Crippen LogP contribution in [0.25, 0.3) is 0 Å². The predicted octanol–water partition coefficient (Wildman–Crippen LogP) is -0.818. The lowest BCUT2D eigenvalue weighted by Gasteiger charge is -2.32. The minimum atomic E-state index is -3.72. The van der Waals surface area contributed by atoms with Crippen LogP contribution < -0.4 is 5.14 Å². The van der Waals surface area contributed by atoms with Crippen LogP contribution >= 0.6 is 0 Å². The molecule has 0 aromatic carbocycles. The second kappa shape index (κ2) is 5.19. The smallest absolute Gasteiger partial charge is 0.277 e. The normalized spacial score (nSPS) is 17.5. The number of carbonyl (C=O) groups excluding carboxylic acids is 1. The molecule has 19 heavy (non-hydrogen) atoms. The van der Waals surface area contributed by atoms with Crippen molar-refractivity contribution in [3.8, 4) is 0 Å². The number of carbonyl (C=O) groups is 1. The Bertz CT molecular complexity index is 567. The molecule has 1 aliphatic rings. The van der Waals surface area contributed by atoms with Gasteiger partial charge in [-0.2, -0.15) is 12.7 Å². The first-order chi connectivity index (χ1) is 8.88. The molecular weight excluding hydrogens is 275 g/mol. The molecule has 2 rings (SSSR count). The maximum atomic E-state index is 12.7. The highest BCUT2D eigenvalue weighted by Crippen LogP contribution is 2.09. The average molecular weight is 288 g/mol. The molecule has 7 nitrogen and oxygen atoms in total. The zero-order valence-electron chi connectivity index (χ0n) is 9.99. The maximum absolute atomic E-state index is 12.7. The van der Waals surface area contributed by atoms with Gasteiger partial charge in [-0.3, -0.25) is 4.79 Å². The van der Waals surface area contributed by atoms with Gasteiger partial charge < -0.3 is 4.90 Å². The van der Waals surface area contributed by atoms with E-state index in [9.17, 15) is 17.6 Å². The van der Waals surface area contributed by atoms with Crippen molar-refractivity contribution in [1.82, 2.24) is 14.2 Å². The van der Waals surface area contributed by atoms with E-state index in [1.807, 2.05) is 0 Å². The fourth-order valence-electron chi connectivity index (χ4n) is 1.81. The van der Waals surface area contributed by atoms with Crippen LogP contribution in [0, 0.1) is 5.82 Å². The summed E-state index contributed by atoms with van der Waals surface area (Å²) < 4.78 is 36.0. The van der Waals surface area contributed by atoms with Gasteiger partial charge in [-0.1, -0.05) is 0 Å². The van der Waals surface area contributed by atoms with Crippen molar-refractivity contribution in [2.24, 2.45) is 5.14 Å². The quantitative estimate of drug-likeness (QED) is 0.769. The highest BCUT2D eigenvalue weighted by atomic mass is 32.2. The Labute approximate surface area is 110 Å². The number of amides is 1. The van der Waals surface area contributed by atoms with Gasteiger partial charge in [0.05, 0.1) is 6.20 Å². The maximum Gasteiger partial charge on any atom is 0.277 e. The lowest BCUT2D eigenvalue weighted by atomic mass is 10.3. The van der Waals surface area contributed by atoms with Gasteiger partial charge in [0, 0.05) is 26.2 Å². The molecule has 0 saturated carbocycles. The van der Waals surface area contributed by atoms with Crippen molar-refractivity contribution >= 4 is 16.1 Å². The van der Waals surface area contributed by atoms with E-state index in [-0.39, 0.29) is 37.8 Å². The van der Waals surface area contributed by atoms with Gasteiger partial charge in [0.25, 0.3) is 16.1 Å². The summed E-state index contributed by atoms with van der Waals surface area (Å²) in [6, 6.07) is 2.45. The predicted molar refractivity (Wildman–Crippen MR) is 64.8 cm³/mol. The number of halogens is 1. The van der Waals surface area contributed by atoms with E-state index in [0.717, 1.165) is 16.6 Å². The van der Waals surface area contributed by atoms with Crippen LogP contribution in [0.1, 0.15) is 10.5 Å². The van der Waals surface area contributed by atoms with Crippen molar-refractivity contribution in [1.29, 1.82) is 0 Å². The SMILES string of the molecule is NS(=O)(=O)N1CCN(C(=O)c2ccc(F)cn2)CC1. The third-order valence-electron chi connectivity index (χ3n) is 2.83. The van der Waals surface area contributed by atoms with Crippen LogP contribution in [0.5, 0.6) is 0 Å². The second-order valence-corrected chi connectivity index (χ2v) is 5.64. The Balaban J connectivity index is 2.02. The van der Waals surface area contributed by atoms with Crippen LogP contribution in [-0.2, 0) is 10.2 Å². The summed E-state index contributed by atoms with van der Waals surface area (Å²) in [4.78, 5) is 17.2. The van der Waals surface area contributed by atoms with E-state index < -0.39 is 16.0 Å². The van der Waals surface area contributed by atoms with Gasteiger partial charge in [0.15, 0.2) is 0 Å². The second-order valence-electron chi connectivity index (χ2n) is 4.10. The van der Waals surface area contributed by atoms with E-state index in [4.69, 9.17) is 5.14 Å². The number of pyridine rings is 1. The third-order valence-corrected chi connectivity index (χ3v) is 3.92. The Kier molecular flexibility index (Phi) is 3.78. The number of hydrogen-bond donors (Lipinski definition) is 1. The lowest BCUT2D eigenvalue weighted by molar-refractivity contribution is 0.0692. The summed E-state index contributed by atoms with van der Waals surface area (Å²) in [6.07, 6.45) is 0.966. The molecular formula is C10H13FN4O3S. The molecule has 2 heterocycles. The number of rotatable bonds is 2. The highest BCUT2D eigenvalue weighted by Gasteiger charge is 2.27. The van der Waals surface area contributed by atoms with Crippen LogP contribution in [0.3, 0.4) is 0 Å². The molecule has 1 saturated heterocycles. The van der Waals surface area contributed by atoms with Gasteiger partial charge >= 0.3 is 0 Å².